The Labute approximate surface area is 131 Å². The van der Waals surface area contributed by atoms with Gasteiger partial charge in [-0.1, -0.05) is 43.0 Å². The van der Waals surface area contributed by atoms with Crippen LogP contribution in [-0.2, 0) is 0 Å². The van der Waals surface area contributed by atoms with Gasteiger partial charge in [0.15, 0.2) is 0 Å². The fourth-order valence-corrected chi connectivity index (χ4v) is 3.73. The van der Waals surface area contributed by atoms with Crippen LogP contribution in [0.25, 0.3) is 0 Å². The van der Waals surface area contributed by atoms with E-state index in [9.17, 15) is 5.11 Å². The summed E-state index contributed by atoms with van der Waals surface area (Å²) in [6, 6.07) is 3.47. The van der Waals surface area contributed by atoms with E-state index in [2.05, 4.69) is 6.92 Å². The summed E-state index contributed by atoms with van der Waals surface area (Å²) >= 11 is 12.6. The molecule has 0 spiro atoms. The first-order valence-corrected chi connectivity index (χ1v) is 8.09. The average molecular weight is 317 g/mol. The van der Waals surface area contributed by atoms with Crippen molar-refractivity contribution < 1.29 is 9.84 Å². The maximum Gasteiger partial charge on any atom is 0.139 e. The van der Waals surface area contributed by atoms with Crippen molar-refractivity contribution in [3.63, 3.8) is 0 Å². The van der Waals surface area contributed by atoms with Gasteiger partial charge in [-0.25, -0.2) is 0 Å². The molecule has 1 aliphatic rings. The van der Waals surface area contributed by atoms with E-state index < -0.39 is 6.10 Å². The number of benzene rings is 1. The van der Waals surface area contributed by atoms with E-state index >= 15 is 0 Å². The summed E-state index contributed by atoms with van der Waals surface area (Å²) in [5, 5.41) is 11.9. The fourth-order valence-electron chi connectivity index (χ4n) is 3.25. The minimum absolute atomic E-state index is 0.0555. The predicted octanol–water partition coefficient (Wildman–Crippen LogP) is 5.40. The predicted molar refractivity (Wildman–Crippen MR) is 83.8 cm³/mol. The van der Waals surface area contributed by atoms with Gasteiger partial charge < -0.3 is 9.84 Å². The lowest BCUT2D eigenvalue weighted by Crippen LogP contribution is -2.25. The number of hydrogen-bond acceptors (Lipinski definition) is 2. The molecule has 1 atom stereocenters. The molecule has 20 heavy (non-hydrogen) atoms. The molecule has 112 valence electrons. The third-order valence-electron chi connectivity index (χ3n) is 4.53. The Bertz CT molecular complexity index is 468. The number of ether oxygens (including phenoxy) is 1. The molecule has 0 heterocycles. The van der Waals surface area contributed by atoms with Crippen LogP contribution in [0.15, 0.2) is 12.1 Å². The van der Waals surface area contributed by atoms with Gasteiger partial charge in [0.05, 0.1) is 22.8 Å². The molecule has 0 aromatic heterocycles. The van der Waals surface area contributed by atoms with Crippen molar-refractivity contribution >= 4 is 23.2 Å². The van der Waals surface area contributed by atoms with Gasteiger partial charge in [-0.05, 0) is 32.3 Å². The summed E-state index contributed by atoms with van der Waals surface area (Å²) in [5.74, 6) is 0.576. The molecule has 1 aliphatic carbocycles. The van der Waals surface area contributed by atoms with E-state index in [1.807, 2.05) is 6.92 Å². The molecule has 0 aliphatic heterocycles. The van der Waals surface area contributed by atoms with Crippen molar-refractivity contribution in [2.24, 2.45) is 5.41 Å². The topological polar surface area (TPSA) is 29.5 Å². The first-order chi connectivity index (χ1) is 9.54. The van der Waals surface area contributed by atoms with Crippen LogP contribution in [0.1, 0.15) is 57.6 Å². The second-order valence-corrected chi connectivity index (χ2v) is 6.38. The van der Waals surface area contributed by atoms with E-state index in [4.69, 9.17) is 27.9 Å². The minimum Gasteiger partial charge on any atom is -0.492 e. The van der Waals surface area contributed by atoms with Gasteiger partial charge in [-0.15, -0.1) is 0 Å². The zero-order chi connectivity index (χ0) is 14.8. The van der Waals surface area contributed by atoms with E-state index in [0.29, 0.717) is 22.4 Å². The van der Waals surface area contributed by atoms with Gasteiger partial charge in [-0.3, -0.25) is 0 Å². The Hall–Kier alpha value is -0.440. The van der Waals surface area contributed by atoms with Crippen LogP contribution in [0.4, 0.5) is 0 Å². The minimum atomic E-state index is -0.560. The Morgan fingerprint density at radius 2 is 1.85 bits per heavy atom. The van der Waals surface area contributed by atoms with Crippen molar-refractivity contribution in [1.29, 1.82) is 0 Å². The summed E-state index contributed by atoms with van der Waals surface area (Å²) in [4.78, 5) is 0. The zero-order valence-corrected chi connectivity index (χ0v) is 13.6. The van der Waals surface area contributed by atoms with Gasteiger partial charge in [0.1, 0.15) is 5.75 Å². The molecule has 2 rings (SSSR count). The van der Waals surface area contributed by atoms with Gasteiger partial charge >= 0.3 is 0 Å². The van der Waals surface area contributed by atoms with Crippen LogP contribution in [0, 0.1) is 5.41 Å². The summed E-state index contributed by atoms with van der Waals surface area (Å²) in [6.45, 7) is 4.58. The molecule has 1 aromatic rings. The van der Waals surface area contributed by atoms with E-state index in [-0.39, 0.29) is 5.41 Å². The number of rotatable bonds is 5. The fraction of sp³-hybridized carbons (Fsp3) is 0.625. The van der Waals surface area contributed by atoms with Crippen LogP contribution >= 0.6 is 23.2 Å². The molecule has 1 N–H and O–H groups in total. The number of aliphatic hydroxyl groups is 1. The number of hydrogen-bond donors (Lipinski definition) is 1. The van der Waals surface area contributed by atoms with Crippen molar-refractivity contribution in [2.75, 3.05) is 6.61 Å². The highest BCUT2D eigenvalue weighted by Crippen LogP contribution is 2.51. The highest BCUT2D eigenvalue weighted by Gasteiger charge is 2.40. The monoisotopic (exact) mass is 316 g/mol. The molecule has 1 saturated carbocycles. The summed E-state index contributed by atoms with van der Waals surface area (Å²) in [5.41, 5.74) is 0.670. The van der Waals surface area contributed by atoms with Crippen molar-refractivity contribution in [3.05, 3.63) is 27.7 Å². The molecule has 0 radical (unpaired) electrons. The standard InChI is InChI=1S/C16H22Cl2O2/c1-3-16(7-5-6-8-16)15(19)11-9-13(18)14(20-4-2)10-12(11)17/h9-10,15,19H,3-8H2,1-2H3. The average Bonchev–Trinajstić information content (AvgIpc) is 2.92. The molecule has 0 amide bonds. The lowest BCUT2D eigenvalue weighted by atomic mass is 9.75. The first-order valence-electron chi connectivity index (χ1n) is 7.34. The van der Waals surface area contributed by atoms with Crippen LogP contribution in [0.3, 0.4) is 0 Å². The van der Waals surface area contributed by atoms with Gasteiger partial charge in [0, 0.05) is 17.0 Å². The van der Waals surface area contributed by atoms with E-state index in [1.54, 1.807) is 12.1 Å². The summed E-state index contributed by atoms with van der Waals surface area (Å²) < 4.78 is 5.43. The van der Waals surface area contributed by atoms with Crippen molar-refractivity contribution in [2.45, 2.75) is 52.1 Å². The lowest BCUT2D eigenvalue weighted by molar-refractivity contribution is 0.0238. The van der Waals surface area contributed by atoms with Crippen LogP contribution in [0.2, 0.25) is 10.0 Å². The first kappa shape index (κ1) is 15.9. The van der Waals surface area contributed by atoms with Gasteiger partial charge in [-0.2, -0.15) is 0 Å². The molecule has 1 aromatic carbocycles. The van der Waals surface area contributed by atoms with Gasteiger partial charge in [0.2, 0.25) is 0 Å². The maximum absolute atomic E-state index is 10.8. The Balaban J connectivity index is 2.34. The Morgan fingerprint density at radius 3 is 2.40 bits per heavy atom. The summed E-state index contributed by atoms with van der Waals surface area (Å²) in [6.07, 6.45) is 4.84. The van der Waals surface area contributed by atoms with Crippen LogP contribution in [0.5, 0.6) is 5.75 Å². The molecule has 0 saturated heterocycles. The third kappa shape index (κ3) is 2.93. The number of aliphatic hydroxyl groups excluding tert-OH is 1. The molecule has 1 unspecified atom stereocenters. The molecular formula is C16H22Cl2O2. The number of halogens is 2. The zero-order valence-electron chi connectivity index (χ0n) is 12.1. The molecule has 4 heteroatoms. The molecule has 2 nitrogen and oxygen atoms in total. The SMILES string of the molecule is CCOc1cc(Cl)c(C(O)C2(CC)CCCC2)cc1Cl. The quantitative estimate of drug-likeness (QED) is 0.788. The van der Waals surface area contributed by atoms with E-state index in [1.165, 1.54) is 12.8 Å². The van der Waals surface area contributed by atoms with Gasteiger partial charge in [0.25, 0.3) is 0 Å². The smallest absolute Gasteiger partial charge is 0.139 e. The largest absolute Gasteiger partial charge is 0.492 e. The molecule has 0 bridgehead atoms. The van der Waals surface area contributed by atoms with Crippen LogP contribution < -0.4 is 4.74 Å². The lowest BCUT2D eigenvalue weighted by Gasteiger charge is -2.34. The van der Waals surface area contributed by atoms with E-state index in [0.717, 1.165) is 24.8 Å². The third-order valence-corrected chi connectivity index (χ3v) is 5.15. The second kappa shape index (κ2) is 6.55. The van der Waals surface area contributed by atoms with Crippen molar-refractivity contribution in [1.82, 2.24) is 0 Å². The Kier molecular flexibility index (Phi) is 5.22. The normalized spacial score (nSPS) is 19.1. The molecular weight excluding hydrogens is 295 g/mol. The Morgan fingerprint density at radius 1 is 1.20 bits per heavy atom. The van der Waals surface area contributed by atoms with Crippen molar-refractivity contribution in [3.8, 4) is 5.75 Å². The second-order valence-electron chi connectivity index (χ2n) is 5.56. The highest BCUT2D eigenvalue weighted by molar-refractivity contribution is 6.34. The molecule has 1 fully saturated rings. The maximum atomic E-state index is 10.8. The van der Waals surface area contributed by atoms with Crippen LogP contribution in [-0.4, -0.2) is 11.7 Å². The summed E-state index contributed by atoms with van der Waals surface area (Å²) in [7, 11) is 0. The highest BCUT2D eigenvalue weighted by atomic mass is 35.5.